The van der Waals surface area contributed by atoms with Gasteiger partial charge in [-0.1, -0.05) is 37.6 Å². The van der Waals surface area contributed by atoms with Gasteiger partial charge >= 0.3 is 5.97 Å². The molecule has 1 aliphatic heterocycles. The van der Waals surface area contributed by atoms with E-state index in [1.807, 2.05) is 31.2 Å². The van der Waals surface area contributed by atoms with Crippen LogP contribution in [0.2, 0.25) is 0 Å². The van der Waals surface area contributed by atoms with Crippen LogP contribution in [-0.2, 0) is 22.6 Å². The lowest BCUT2D eigenvalue weighted by Crippen LogP contribution is -2.53. The molecule has 0 fully saturated rings. The largest absolute Gasteiger partial charge is 0.481 e. The standard InChI is InChI=1S/C21H24N2O5/c1-2-6-15(21(26)27)12-22-19(24)17-11-14-7-3-4-8-16(14)13-23(17)20(25)18-9-5-10-28-18/h3-5,7-10,15,17H,2,6,11-13H2,1H3,(H,22,24)(H,26,27). The van der Waals surface area contributed by atoms with E-state index >= 15 is 0 Å². The lowest BCUT2D eigenvalue weighted by atomic mass is 9.93. The fourth-order valence-electron chi connectivity index (χ4n) is 3.52. The number of nitrogens with zero attached hydrogens (tertiary/aromatic N) is 1. The Balaban J connectivity index is 1.80. The minimum Gasteiger partial charge on any atom is -0.481 e. The molecule has 0 radical (unpaired) electrons. The van der Waals surface area contributed by atoms with Crippen molar-refractivity contribution in [3.05, 3.63) is 59.5 Å². The van der Waals surface area contributed by atoms with Gasteiger partial charge in [0.05, 0.1) is 12.2 Å². The van der Waals surface area contributed by atoms with Gasteiger partial charge in [0.15, 0.2) is 5.76 Å². The van der Waals surface area contributed by atoms with Crippen LogP contribution in [0.25, 0.3) is 0 Å². The van der Waals surface area contributed by atoms with Gasteiger partial charge < -0.3 is 19.7 Å². The Bertz CT molecular complexity index is 846. The van der Waals surface area contributed by atoms with Crippen LogP contribution in [-0.4, -0.2) is 40.4 Å². The number of benzene rings is 1. The van der Waals surface area contributed by atoms with Crippen LogP contribution >= 0.6 is 0 Å². The maximum atomic E-state index is 12.9. The van der Waals surface area contributed by atoms with E-state index in [1.54, 1.807) is 12.1 Å². The van der Waals surface area contributed by atoms with E-state index in [2.05, 4.69) is 5.32 Å². The fourth-order valence-corrected chi connectivity index (χ4v) is 3.52. The number of carbonyl (C=O) groups excluding carboxylic acids is 2. The second-order valence-corrected chi connectivity index (χ2v) is 6.97. The lowest BCUT2D eigenvalue weighted by molar-refractivity contribution is -0.142. The molecule has 7 nitrogen and oxygen atoms in total. The Morgan fingerprint density at radius 2 is 1.96 bits per heavy atom. The van der Waals surface area contributed by atoms with Crippen molar-refractivity contribution < 1.29 is 23.9 Å². The number of carboxylic acid groups (broad SMARTS) is 1. The van der Waals surface area contributed by atoms with Gasteiger partial charge in [0.25, 0.3) is 5.91 Å². The van der Waals surface area contributed by atoms with Crippen LogP contribution in [0.5, 0.6) is 0 Å². The van der Waals surface area contributed by atoms with Crippen molar-refractivity contribution in [3.63, 3.8) is 0 Å². The Hall–Kier alpha value is -3.09. The fraction of sp³-hybridized carbons (Fsp3) is 0.381. The topological polar surface area (TPSA) is 99.9 Å². The molecule has 3 rings (SSSR count). The average molecular weight is 384 g/mol. The van der Waals surface area contributed by atoms with Crippen molar-refractivity contribution in [2.75, 3.05) is 6.54 Å². The maximum absolute atomic E-state index is 12.9. The molecule has 0 saturated carbocycles. The Morgan fingerprint density at radius 3 is 2.61 bits per heavy atom. The van der Waals surface area contributed by atoms with Crippen LogP contribution in [0.15, 0.2) is 47.1 Å². The Morgan fingerprint density at radius 1 is 1.21 bits per heavy atom. The van der Waals surface area contributed by atoms with Crippen molar-refractivity contribution in [3.8, 4) is 0 Å². The highest BCUT2D eigenvalue weighted by Crippen LogP contribution is 2.25. The van der Waals surface area contributed by atoms with Crippen LogP contribution < -0.4 is 5.32 Å². The lowest BCUT2D eigenvalue weighted by Gasteiger charge is -2.35. The van der Waals surface area contributed by atoms with Crippen LogP contribution in [0.4, 0.5) is 0 Å². The molecule has 2 heterocycles. The molecule has 0 spiro atoms. The molecule has 1 aromatic carbocycles. The summed E-state index contributed by atoms with van der Waals surface area (Å²) < 4.78 is 5.23. The van der Waals surface area contributed by atoms with E-state index in [0.29, 0.717) is 25.8 Å². The van der Waals surface area contributed by atoms with Crippen LogP contribution in [0, 0.1) is 5.92 Å². The summed E-state index contributed by atoms with van der Waals surface area (Å²) in [6.07, 6.45) is 2.99. The van der Waals surface area contributed by atoms with Gasteiger partial charge in [-0.25, -0.2) is 0 Å². The number of carboxylic acids is 1. The number of nitrogens with one attached hydrogen (secondary N) is 1. The summed E-state index contributed by atoms with van der Waals surface area (Å²) >= 11 is 0. The first-order valence-electron chi connectivity index (χ1n) is 9.43. The number of hydrogen-bond donors (Lipinski definition) is 2. The first-order valence-corrected chi connectivity index (χ1v) is 9.43. The minimum atomic E-state index is -0.931. The number of furan rings is 1. The normalized spacial score (nSPS) is 16.9. The smallest absolute Gasteiger partial charge is 0.308 e. The Kier molecular flexibility index (Phi) is 6.13. The van der Waals surface area contributed by atoms with E-state index < -0.39 is 17.9 Å². The van der Waals surface area contributed by atoms with Gasteiger partial charge in [-0.2, -0.15) is 0 Å². The van der Waals surface area contributed by atoms with E-state index in [4.69, 9.17) is 4.42 Å². The van der Waals surface area contributed by atoms with Gasteiger partial charge in [-0.15, -0.1) is 0 Å². The summed E-state index contributed by atoms with van der Waals surface area (Å²) in [6, 6.07) is 10.2. The molecule has 1 aromatic heterocycles. The third-order valence-electron chi connectivity index (χ3n) is 5.05. The Labute approximate surface area is 163 Å². The quantitative estimate of drug-likeness (QED) is 0.764. The highest BCUT2D eigenvalue weighted by Gasteiger charge is 2.36. The van der Waals surface area contributed by atoms with Crippen molar-refractivity contribution in [2.24, 2.45) is 5.92 Å². The second-order valence-electron chi connectivity index (χ2n) is 6.97. The predicted octanol–water partition coefficient (Wildman–Crippen LogP) is 2.46. The zero-order valence-corrected chi connectivity index (χ0v) is 15.8. The third-order valence-corrected chi connectivity index (χ3v) is 5.05. The molecular weight excluding hydrogens is 360 g/mol. The highest BCUT2D eigenvalue weighted by molar-refractivity contribution is 5.96. The van der Waals surface area contributed by atoms with E-state index in [-0.39, 0.29) is 24.1 Å². The summed E-state index contributed by atoms with van der Waals surface area (Å²) in [7, 11) is 0. The summed E-state index contributed by atoms with van der Waals surface area (Å²) in [4.78, 5) is 38.6. The number of hydrogen-bond acceptors (Lipinski definition) is 4. The number of amides is 2. The molecule has 2 unspecified atom stereocenters. The molecule has 2 amide bonds. The molecule has 7 heteroatoms. The molecule has 2 N–H and O–H groups in total. The second kappa shape index (κ2) is 8.73. The number of fused-ring (bicyclic) bond motifs is 1. The monoisotopic (exact) mass is 384 g/mol. The zero-order chi connectivity index (χ0) is 20.1. The first kappa shape index (κ1) is 19.7. The molecule has 0 saturated heterocycles. The molecule has 2 aromatic rings. The van der Waals surface area contributed by atoms with Gasteiger partial charge in [0.1, 0.15) is 6.04 Å². The first-order chi connectivity index (χ1) is 13.5. The number of aliphatic carboxylic acids is 1. The van der Waals surface area contributed by atoms with Gasteiger partial charge in [0, 0.05) is 19.5 Å². The molecule has 28 heavy (non-hydrogen) atoms. The SMILES string of the molecule is CCCC(CNC(=O)C1Cc2ccccc2CN1C(=O)c1ccco1)C(=O)O. The molecule has 0 bridgehead atoms. The van der Waals surface area contributed by atoms with Crippen molar-refractivity contribution in [2.45, 2.75) is 38.8 Å². The van der Waals surface area contributed by atoms with Crippen molar-refractivity contribution >= 4 is 17.8 Å². The van der Waals surface area contributed by atoms with Gasteiger partial charge in [-0.05, 0) is 29.7 Å². The summed E-state index contributed by atoms with van der Waals surface area (Å²) in [6.45, 7) is 2.24. The molecule has 0 aliphatic carbocycles. The van der Waals surface area contributed by atoms with Gasteiger partial charge in [0.2, 0.25) is 5.91 Å². The van der Waals surface area contributed by atoms with Gasteiger partial charge in [-0.3, -0.25) is 14.4 Å². The average Bonchev–Trinajstić information content (AvgIpc) is 3.24. The molecule has 148 valence electrons. The molecule has 1 aliphatic rings. The van der Waals surface area contributed by atoms with E-state index in [1.165, 1.54) is 11.2 Å². The number of rotatable bonds is 7. The van der Waals surface area contributed by atoms with Crippen molar-refractivity contribution in [1.82, 2.24) is 10.2 Å². The third kappa shape index (κ3) is 4.24. The van der Waals surface area contributed by atoms with E-state index in [0.717, 1.165) is 11.1 Å². The van der Waals surface area contributed by atoms with E-state index in [9.17, 15) is 19.5 Å². The maximum Gasteiger partial charge on any atom is 0.308 e. The number of carbonyl (C=O) groups is 3. The van der Waals surface area contributed by atoms with Crippen LogP contribution in [0.1, 0.15) is 41.4 Å². The molecular formula is C21H24N2O5. The minimum absolute atomic E-state index is 0.0446. The predicted molar refractivity (Wildman–Crippen MR) is 102 cm³/mol. The summed E-state index contributed by atoms with van der Waals surface area (Å²) in [5.74, 6) is -2.11. The summed E-state index contributed by atoms with van der Waals surface area (Å²) in [5, 5.41) is 12.0. The van der Waals surface area contributed by atoms with Crippen LogP contribution in [0.3, 0.4) is 0 Å². The highest BCUT2D eigenvalue weighted by atomic mass is 16.4. The summed E-state index contributed by atoms with van der Waals surface area (Å²) in [5.41, 5.74) is 2.00. The zero-order valence-electron chi connectivity index (χ0n) is 15.8. The molecule has 2 atom stereocenters. The van der Waals surface area contributed by atoms with Crippen molar-refractivity contribution in [1.29, 1.82) is 0 Å².